The third kappa shape index (κ3) is 2.49. The summed E-state index contributed by atoms with van der Waals surface area (Å²) in [6.45, 7) is 2.58. The van der Waals surface area contributed by atoms with Gasteiger partial charge in [0.15, 0.2) is 5.78 Å². The van der Waals surface area contributed by atoms with E-state index in [4.69, 9.17) is 0 Å². The van der Waals surface area contributed by atoms with Gasteiger partial charge in [-0.15, -0.1) is 0 Å². The number of para-hydroxylation sites is 1. The van der Waals surface area contributed by atoms with E-state index in [0.29, 0.717) is 12.2 Å². The van der Waals surface area contributed by atoms with Gasteiger partial charge in [-0.2, -0.15) is 5.10 Å². The van der Waals surface area contributed by atoms with Gasteiger partial charge >= 0.3 is 0 Å². The van der Waals surface area contributed by atoms with Crippen LogP contribution in [0.25, 0.3) is 5.69 Å². The molecule has 4 nitrogen and oxygen atoms in total. The summed E-state index contributed by atoms with van der Waals surface area (Å²) in [7, 11) is 1.85. The van der Waals surface area contributed by atoms with Crippen LogP contribution >= 0.6 is 0 Å². The van der Waals surface area contributed by atoms with Crippen molar-refractivity contribution in [2.24, 2.45) is 5.92 Å². The molecule has 0 fully saturated rings. The van der Waals surface area contributed by atoms with Crippen LogP contribution < -0.4 is 5.32 Å². The summed E-state index contributed by atoms with van der Waals surface area (Å²) in [6.07, 6.45) is 1.66. The third-order valence-corrected chi connectivity index (χ3v) is 2.85. The van der Waals surface area contributed by atoms with Crippen molar-refractivity contribution in [3.8, 4) is 5.69 Å². The lowest BCUT2D eigenvalue weighted by Crippen LogP contribution is -2.25. The first-order chi connectivity index (χ1) is 8.74. The average Bonchev–Trinajstić information content (AvgIpc) is 2.88. The first-order valence-corrected chi connectivity index (χ1v) is 6.02. The Balaban J connectivity index is 2.31. The molecule has 1 atom stereocenters. The smallest absolute Gasteiger partial charge is 0.185 e. The van der Waals surface area contributed by atoms with E-state index in [-0.39, 0.29) is 11.7 Å². The van der Waals surface area contributed by atoms with Crippen molar-refractivity contribution in [3.05, 3.63) is 48.3 Å². The minimum atomic E-state index is -0.0610. The molecule has 0 radical (unpaired) electrons. The fraction of sp³-hybridized carbons (Fsp3) is 0.286. The predicted molar refractivity (Wildman–Crippen MR) is 71.0 cm³/mol. The molecule has 1 aromatic carbocycles. The normalized spacial score (nSPS) is 12.3. The molecule has 1 N–H and O–H groups in total. The van der Waals surface area contributed by atoms with E-state index in [2.05, 4.69) is 10.4 Å². The molecule has 1 aromatic heterocycles. The standard InChI is InChI=1S/C14H17N3O/c1-11(10-15-2)14(18)13-8-9-16-17(13)12-6-4-3-5-7-12/h3-9,11,15H,10H2,1-2H3. The van der Waals surface area contributed by atoms with Crippen LogP contribution in [0.4, 0.5) is 0 Å². The summed E-state index contributed by atoms with van der Waals surface area (Å²) < 4.78 is 1.69. The van der Waals surface area contributed by atoms with Crippen LogP contribution in [-0.4, -0.2) is 29.2 Å². The van der Waals surface area contributed by atoms with Gasteiger partial charge in [0, 0.05) is 12.5 Å². The number of nitrogens with zero attached hydrogens (tertiary/aromatic N) is 2. The first kappa shape index (κ1) is 12.5. The Bertz CT molecular complexity index is 519. The van der Waals surface area contributed by atoms with Crippen LogP contribution in [0.2, 0.25) is 0 Å². The van der Waals surface area contributed by atoms with Crippen molar-refractivity contribution in [1.29, 1.82) is 0 Å². The van der Waals surface area contributed by atoms with E-state index in [1.54, 1.807) is 16.9 Å². The Hall–Kier alpha value is -1.94. The van der Waals surface area contributed by atoms with Crippen LogP contribution in [0.3, 0.4) is 0 Å². The molecule has 0 bridgehead atoms. The molecule has 2 aromatic rings. The number of hydrogen-bond donors (Lipinski definition) is 1. The van der Waals surface area contributed by atoms with Crippen LogP contribution in [0.5, 0.6) is 0 Å². The largest absolute Gasteiger partial charge is 0.319 e. The quantitative estimate of drug-likeness (QED) is 0.816. The Kier molecular flexibility index (Phi) is 3.89. The van der Waals surface area contributed by atoms with Crippen molar-refractivity contribution in [2.45, 2.75) is 6.92 Å². The maximum Gasteiger partial charge on any atom is 0.185 e. The van der Waals surface area contributed by atoms with Gasteiger partial charge in [-0.05, 0) is 25.2 Å². The highest BCUT2D eigenvalue weighted by Crippen LogP contribution is 2.13. The molecule has 0 aliphatic rings. The second kappa shape index (κ2) is 5.60. The van der Waals surface area contributed by atoms with Crippen LogP contribution in [-0.2, 0) is 0 Å². The molecule has 0 amide bonds. The number of carbonyl (C=O) groups excluding carboxylic acids is 1. The number of ketones is 1. The highest BCUT2D eigenvalue weighted by molar-refractivity contribution is 5.96. The molecule has 0 saturated heterocycles. The maximum absolute atomic E-state index is 12.3. The number of carbonyl (C=O) groups is 1. The highest BCUT2D eigenvalue weighted by atomic mass is 16.1. The van der Waals surface area contributed by atoms with Gasteiger partial charge in [0.2, 0.25) is 0 Å². The summed E-state index contributed by atoms with van der Waals surface area (Å²) >= 11 is 0. The van der Waals surface area contributed by atoms with Gasteiger partial charge in [-0.3, -0.25) is 4.79 Å². The lowest BCUT2D eigenvalue weighted by molar-refractivity contribution is 0.0922. The van der Waals surface area contributed by atoms with Crippen LogP contribution in [0, 0.1) is 5.92 Å². The SMILES string of the molecule is CNCC(C)C(=O)c1ccnn1-c1ccccc1. The average molecular weight is 243 g/mol. The van der Waals surface area contributed by atoms with E-state index in [0.717, 1.165) is 5.69 Å². The van der Waals surface area contributed by atoms with Crippen molar-refractivity contribution in [3.63, 3.8) is 0 Å². The first-order valence-electron chi connectivity index (χ1n) is 6.02. The molecule has 0 aliphatic carbocycles. The lowest BCUT2D eigenvalue weighted by atomic mass is 10.0. The van der Waals surface area contributed by atoms with Crippen molar-refractivity contribution in [2.75, 3.05) is 13.6 Å². The Labute approximate surface area is 107 Å². The Morgan fingerprint density at radius 3 is 2.72 bits per heavy atom. The molecule has 0 spiro atoms. The number of aromatic nitrogens is 2. The van der Waals surface area contributed by atoms with Crippen molar-refractivity contribution in [1.82, 2.24) is 15.1 Å². The fourth-order valence-corrected chi connectivity index (χ4v) is 1.92. The Morgan fingerprint density at radius 2 is 2.06 bits per heavy atom. The van der Waals surface area contributed by atoms with E-state index >= 15 is 0 Å². The monoisotopic (exact) mass is 243 g/mol. The van der Waals surface area contributed by atoms with E-state index in [9.17, 15) is 4.79 Å². The molecule has 94 valence electrons. The number of benzene rings is 1. The minimum Gasteiger partial charge on any atom is -0.319 e. The van der Waals surface area contributed by atoms with Gasteiger partial charge in [0.1, 0.15) is 5.69 Å². The summed E-state index contributed by atoms with van der Waals surface area (Å²) in [5.74, 6) is 0.0415. The molecule has 1 heterocycles. The second-order valence-corrected chi connectivity index (χ2v) is 4.29. The second-order valence-electron chi connectivity index (χ2n) is 4.29. The van der Waals surface area contributed by atoms with Gasteiger partial charge < -0.3 is 5.32 Å². The van der Waals surface area contributed by atoms with E-state index < -0.39 is 0 Å². The van der Waals surface area contributed by atoms with Gasteiger partial charge in [0.25, 0.3) is 0 Å². The lowest BCUT2D eigenvalue weighted by Gasteiger charge is -2.11. The molecule has 18 heavy (non-hydrogen) atoms. The highest BCUT2D eigenvalue weighted by Gasteiger charge is 2.19. The molecular weight excluding hydrogens is 226 g/mol. The van der Waals surface area contributed by atoms with Gasteiger partial charge in [-0.25, -0.2) is 4.68 Å². The van der Waals surface area contributed by atoms with E-state index in [1.165, 1.54) is 0 Å². The number of Topliss-reactive ketones (excluding diaryl/α,β-unsaturated/α-hetero) is 1. The molecule has 1 unspecified atom stereocenters. The molecule has 0 aliphatic heterocycles. The summed E-state index contributed by atoms with van der Waals surface area (Å²) in [4.78, 5) is 12.3. The number of nitrogens with one attached hydrogen (secondary N) is 1. The Morgan fingerprint density at radius 1 is 1.33 bits per heavy atom. The zero-order chi connectivity index (χ0) is 13.0. The fourth-order valence-electron chi connectivity index (χ4n) is 1.92. The summed E-state index contributed by atoms with van der Waals surface area (Å²) in [5, 5.41) is 7.24. The molecule has 4 heteroatoms. The van der Waals surface area contributed by atoms with Crippen LogP contribution in [0.1, 0.15) is 17.4 Å². The van der Waals surface area contributed by atoms with Gasteiger partial charge in [0.05, 0.1) is 11.9 Å². The zero-order valence-electron chi connectivity index (χ0n) is 10.6. The molecule has 2 rings (SSSR count). The number of hydrogen-bond acceptors (Lipinski definition) is 3. The summed E-state index contributed by atoms with van der Waals surface area (Å²) in [6, 6.07) is 11.4. The third-order valence-electron chi connectivity index (χ3n) is 2.85. The topological polar surface area (TPSA) is 46.9 Å². The zero-order valence-corrected chi connectivity index (χ0v) is 10.6. The van der Waals surface area contributed by atoms with Crippen molar-refractivity contribution >= 4 is 5.78 Å². The number of rotatable bonds is 5. The van der Waals surface area contributed by atoms with E-state index in [1.807, 2.05) is 44.3 Å². The summed E-state index contributed by atoms with van der Waals surface area (Å²) in [5.41, 5.74) is 1.53. The molecule has 0 saturated carbocycles. The van der Waals surface area contributed by atoms with Crippen molar-refractivity contribution < 1.29 is 4.79 Å². The maximum atomic E-state index is 12.3. The predicted octanol–water partition coefficient (Wildman–Crippen LogP) is 1.91. The van der Waals surface area contributed by atoms with Crippen LogP contribution in [0.15, 0.2) is 42.6 Å². The molecular formula is C14H17N3O. The van der Waals surface area contributed by atoms with Gasteiger partial charge in [-0.1, -0.05) is 25.1 Å². The minimum absolute atomic E-state index is 0.0610.